The van der Waals surface area contributed by atoms with Crippen molar-refractivity contribution < 1.29 is 6.51 Å². The molecule has 10 saturated heterocycles. The third kappa shape index (κ3) is 0.0336. The molecule has 15 heavy (non-hydrogen) atoms. The summed E-state index contributed by atoms with van der Waals surface area (Å²) >= 11 is 0. The summed E-state index contributed by atoms with van der Waals surface area (Å²) in [6, 6.07) is 0. The third-order valence-corrected chi connectivity index (χ3v) is 59.1. The van der Waals surface area contributed by atoms with E-state index in [0.29, 0.717) is 0 Å². The minimum absolute atomic E-state index is 0.0385. The molecule has 10 fully saturated rings. The average molecular weight is 246 g/mol. The van der Waals surface area contributed by atoms with Crippen LogP contribution in [0.2, 0.25) is 28.9 Å². The monoisotopic (exact) mass is 246 g/mol. The molecule has 8 N–H and O–H groups in total. The quantitative estimate of drug-likeness (QED) is 0.405. The van der Waals surface area contributed by atoms with Gasteiger partial charge in [0.25, 0.3) is 0 Å². The number of rotatable bonds is 0. The Labute approximate surface area is 76.4 Å². The topological polar surface area (TPSA) is 104 Å². The van der Waals surface area contributed by atoms with Gasteiger partial charge in [0.05, 0.1) is 0 Å². The second-order valence-corrected chi connectivity index (χ2v) is 32.8. The molecule has 10 heterocycles. The predicted octanol–water partition coefficient (Wildman–Crippen LogP) is -1.16. The van der Waals surface area contributed by atoms with E-state index in [2.05, 4.69) is 0 Å². The molecule has 5 heteroatoms. The molecule has 0 bridgehead atoms. The first-order valence-corrected chi connectivity index (χ1v) is 12.1. The summed E-state index contributed by atoms with van der Waals surface area (Å²) in [6.45, 7) is -3.84. The Morgan fingerprint density at radius 1 is 0.667 bits per heavy atom. The standard InChI is InChI=1S/C5H9N4.C5H5.Fe/c6-2-1-3(7)5(9)4(2)8;1-2-4-5-3-1;/h1H,6-9H2;1-5H;. The molecule has 0 aliphatic carbocycles. The zero-order chi connectivity index (χ0) is 9.78. The van der Waals surface area contributed by atoms with Crippen LogP contribution in [0.1, 0.15) is 0 Å². The Morgan fingerprint density at radius 2 is 1.00 bits per heavy atom. The molecule has 0 amide bonds. The van der Waals surface area contributed by atoms with E-state index in [1.807, 2.05) is 0 Å². The summed E-state index contributed by atoms with van der Waals surface area (Å²) in [7, 11) is 0. The molecule has 10 aliphatic heterocycles. The molecule has 10 aliphatic rings. The summed E-state index contributed by atoms with van der Waals surface area (Å²) in [6.07, 6.45) is 0. The number of hydrogen-bond acceptors (Lipinski definition) is 4. The van der Waals surface area contributed by atoms with Gasteiger partial charge >= 0.3 is 76.1 Å². The van der Waals surface area contributed by atoms with Crippen molar-refractivity contribution in [2.45, 2.75) is 46.6 Å². The van der Waals surface area contributed by atoms with Gasteiger partial charge in [0, 0.05) is 0 Å². The van der Waals surface area contributed by atoms with Crippen molar-refractivity contribution in [3.63, 3.8) is 0 Å². The van der Waals surface area contributed by atoms with E-state index in [1.54, 1.807) is 0 Å². The van der Waals surface area contributed by atoms with Crippen molar-refractivity contribution in [2.24, 2.45) is 22.9 Å². The van der Waals surface area contributed by atoms with E-state index in [9.17, 15) is 0 Å². The molecule has 1 spiro atoms. The van der Waals surface area contributed by atoms with Crippen LogP contribution in [0.3, 0.4) is 0 Å². The van der Waals surface area contributed by atoms with Gasteiger partial charge in [0.15, 0.2) is 0 Å². The first-order valence-electron chi connectivity index (χ1n) is 6.08. The van der Waals surface area contributed by atoms with Gasteiger partial charge in [0.1, 0.15) is 0 Å². The summed E-state index contributed by atoms with van der Waals surface area (Å²) in [4.78, 5) is 5.54. The molecule has 0 aromatic rings. The fraction of sp³-hybridized carbons (Fsp3) is 1.00. The second kappa shape index (κ2) is 0.336. The van der Waals surface area contributed by atoms with E-state index in [0.717, 1.165) is 28.9 Å². The van der Waals surface area contributed by atoms with Crippen LogP contribution >= 0.6 is 0 Å². The number of hydrogen-bond donors (Lipinski definition) is 4. The normalized spacial score (nSPS) is 149. The van der Waals surface area contributed by atoms with E-state index in [1.165, 1.54) is 0 Å². The molecule has 0 aromatic carbocycles. The first kappa shape index (κ1) is 5.34. The summed E-state index contributed by atoms with van der Waals surface area (Å²) in [5.74, 6) is 0. The molecule has 4 atom stereocenters. The molecule has 0 saturated carbocycles. The molecular weight excluding hydrogens is 232 g/mol. The molecule has 10 rings (SSSR count). The number of nitrogens with two attached hydrogens (primary N) is 4. The van der Waals surface area contributed by atoms with Crippen molar-refractivity contribution in [1.29, 1.82) is 0 Å². The Hall–Kier alpha value is 0.359. The second-order valence-electron chi connectivity index (χ2n) is 10.1. The van der Waals surface area contributed by atoms with E-state index in [4.69, 9.17) is 22.9 Å². The van der Waals surface area contributed by atoms with Gasteiger partial charge in [-0.15, -0.1) is 0 Å². The Balaban J connectivity index is 2.06. The van der Waals surface area contributed by atoms with Crippen molar-refractivity contribution >= 4 is 0 Å². The fourth-order valence-electron chi connectivity index (χ4n) is 17.8. The van der Waals surface area contributed by atoms with Crippen LogP contribution in [0.4, 0.5) is 0 Å². The molecular formula is C10H14FeN4. The van der Waals surface area contributed by atoms with Gasteiger partial charge in [-0.05, 0) is 0 Å². The summed E-state index contributed by atoms with van der Waals surface area (Å²) in [5.41, 5.74) is 27.5. The van der Waals surface area contributed by atoms with E-state index < -0.39 is 6.51 Å². The predicted molar refractivity (Wildman–Crippen MR) is 50.2 cm³/mol. The zero-order valence-electron chi connectivity index (χ0n) is 8.13. The SMILES string of the molecule is N[C]12[CH]3[C]4(N)[C]5(N)[C]1(N)[Fe]32451678[CH]2[CH]1[CH]6[CH]7[CH]28. The molecule has 0 aromatic heterocycles. The van der Waals surface area contributed by atoms with Gasteiger partial charge in [-0.1, -0.05) is 0 Å². The van der Waals surface area contributed by atoms with Crippen LogP contribution < -0.4 is 22.9 Å². The molecule has 4 nitrogen and oxygen atoms in total. The maximum atomic E-state index is 6.88. The van der Waals surface area contributed by atoms with Crippen molar-refractivity contribution in [3.8, 4) is 0 Å². The van der Waals surface area contributed by atoms with Crippen LogP contribution in [0.5, 0.6) is 0 Å². The van der Waals surface area contributed by atoms with Gasteiger partial charge < -0.3 is 0 Å². The first-order chi connectivity index (χ1) is 6.72. The van der Waals surface area contributed by atoms with Gasteiger partial charge in [0.2, 0.25) is 0 Å². The van der Waals surface area contributed by atoms with Crippen LogP contribution in [0, 0.1) is 0 Å². The zero-order valence-corrected chi connectivity index (χ0v) is 9.23. The maximum absolute atomic E-state index is 6.88. The third-order valence-electron chi connectivity index (χ3n) is 15.7. The van der Waals surface area contributed by atoms with Crippen molar-refractivity contribution in [1.82, 2.24) is 0 Å². The minimum atomic E-state index is -3.84. The van der Waals surface area contributed by atoms with Crippen LogP contribution in [0.15, 0.2) is 0 Å². The Kier molecular flexibility index (Phi) is 0.119. The van der Waals surface area contributed by atoms with Gasteiger partial charge in [-0.25, -0.2) is 0 Å². The van der Waals surface area contributed by atoms with Gasteiger partial charge in [-0.3, -0.25) is 0 Å². The fourth-order valence-corrected chi connectivity index (χ4v) is 91.5. The molecule has 0 radical (unpaired) electrons. The average Bonchev–Trinajstić information content (AvgIpc) is 3.14. The van der Waals surface area contributed by atoms with Gasteiger partial charge in [-0.2, -0.15) is 0 Å². The molecule has 4 unspecified atom stereocenters. The number of fused-ring (bicyclic) bond motifs is 10. The Bertz CT molecular complexity index is 944. The van der Waals surface area contributed by atoms with Crippen LogP contribution in [-0.4, -0.2) is 17.7 Å². The molecule has 82 valence electrons. The van der Waals surface area contributed by atoms with E-state index in [-0.39, 0.29) is 17.7 Å². The Morgan fingerprint density at radius 3 is 1.00 bits per heavy atom. The van der Waals surface area contributed by atoms with Crippen molar-refractivity contribution in [2.75, 3.05) is 0 Å². The van der Waals surface area contributed by atoms with Crippen LogP contribution in [-0.2, 0) is 6.51 Å². The summed E-state index contributed by atoms with van der Waals surface area (Å²) < 4.78 is 0.0900. The van der Waals surface area contributed by atoms with Crippen molar-refractivity contribution in [3.05, 3.63) is 0 Å². The van der Waals surface area contributed by atoms with E-state index >= 15 is 0 Å². The summed E-state index contributed by atoms with van der Waals surface area (Å²) in [5, 5.41) is 0. The van der Waals surface area contributed by atoms with Crippen LogP contribution in [0.25, 0.3) is 0 Å².